The van der Waals surface area contributed by atoms with Gasteiger partial charge in [-0.15, -0.1) is 11.8 Å². The maximum Gasteiger partial charge on any atom is 0.251 e. The lowest BCUT2D eigenvalue weighted by molar-refractivity contribution is -0.141. The number of nitrogens with zero attached hydrogens (tertiary/aromatic N) is 3. The lowest BCUT2D eigenvalue weighted by Crippen LogP contribution is -2.57. The van der Waals surface area contributed by atoms with Gasteiger partial charge in [-0.1, -0.05) is 84.4 Å². The normalized spacial score (nSPS) is 28.4. The summed E-state index contributed by atoms with van der Waals surface area (Å²) in [5, 5.41) is 11.0. The van der Waals surface area contributed by atoms with Crippen LogP contribution in [-0.4, -0.2) is 69.5 Å². The Morgan fingerprint density at radius 2 is 1.45 bits per heavy atom. The van der Waals surface area contributed by atoms with Crippen LogP contribution in [0.3, 0.4) is 0 Å². The van der Waals surface area contributed by atoms with Crippen molar-refractivity contribution in [2.45, 2.75) is 28.5 Å². The Labute approximate surface area is 265 Å². The Morgan fingerprint density at radius 1 is 0.818 bits per heavy atom. The predicted molar refractivity (Wildman–Crippen MR) is 174 cm³/mol. The van der Waals surface area contributed by atoms with Crippen LogP contribution in [0.4, 0.5) is 11.4 Å². The van der Waals surface area contributed by atoms with E-state index in [2.05, 4.69) is 0 Å². The Bertz CT molecular complexity index is 1630. The second-order valence-electron chi connectivity index (χ2n) is 11.7. The highest BCUT2D eigenvalue weighted by molar-refractivity contribution is 8.02. The van der Waals surface area contributed by atoms with Crippen molar-refractivity contribution in [2.75, 3.05) is 29.5 Å². The van der Waals surface area contributed by atoms with Crippen molar-refractivity contribution < 1.29 is 19.5 Å². The Balaban J connectivity index is 1.34. The van der Waals surface area contributed by atoms with Crippen LogP contribution in [0.2, 0.25) is 5.02 Å². The zero-order valence-corrected chi connectivity index (χ0v) is 25.5. The largest absolute Gasteiger partial charge is 0.394 e. The van der Waals surface area contributed by atoms with Crippen LogP contribution in [0.1, 0.15) is 5.56 Å². The fourth-order valence-corrected chi connectivity index (χ4v) is 9.42. The van der Waals surface area contributed by atoms with Crippen molar-refractivity contribution >= 4 is 52.5 Å². The third-order valence-electron chi connectivity index (χ3n) is 9.22. The van der Waals surface area contributed by atoms with Gasteiger partial charge in [-0.3, -0.25) is 14.4 Å². The minimum atomic E-state index is -0.992. The third kappa shape index (κ3) is 4.67. The van der Waals surface area contributed by atoms with E-state index in [-0.39, 0.29) is 29.6 Å². The van der Waals surface area contributed by atoms with Gasteiger partial charge in [-0.05, 0) is 48.4 Å². The molecule has 9 heteroatoms. The topological polar surface area (TPSA) is 81.2 Å². The highest BCUT2D eigenvalue weighted by Gasteiger charge is 2.71. The molecule has 0 aromatic heterocycles. The molecule has 3 aromatic carbocycles. The average molecular weight is 626 g/mol. The number of benzene rings is 3. The number of hydrogen-bond acceptors (Lipinski definition) is 5. The summed E-state index contributed by atoms with van der Waals surface area (Å²) in [6.07, 6.45) is 8.35. The van der Waals surface area contributed by atoms with E-state index in [1.165, 1.54) is 11.8 Å². The molecule has 7 nitrogen and oxygen atoms in total. The number of halogens is 1. The van der Waals surface area contributed by atoms with Gasteiger partial charge in [0, 0.05) is 34.7 Å². The number of thioether (sulfide) groups is 1. The van der Waals surface area contributed by atoms with E-state index in [4.69, 9.17) is 11.6 Å². The van der Waals surface area contributed by atoms with E-state index in [9.17, 15) is 19.5 Å². The molecular formula is C35H32ClN3O4S. The van der Waals surface area contributed by atoms with Gasteiger partial charge >= 0.3 is 0 Å². The zero-order valence-electron chi connectivity index (χ0n) is 23.9. The molecule has 0 radical (unpaired) electrons. The number of carbonyl (C=O) groups excluding carboxylic acids is 3. The number of aliphatic hydroxyl groups excluding tert-OH is 1. The highest BCUT2D eigenvalue weighted by atomic mass is 35.5. The van der Waals surface area contributed by atoms with Gasteiger partial charge in [0.05, 0.1) is 29.2 Å². The fourth-order valence-electron chi connectivity index (χ4n) is 7.30. The number of fused-ring (bicyclic) bond motifs is 2. The molecule has 224 valence electrons. The van der Waals surface area contributed by atoms with Gasteiger partial charge in [0.25, 0.3) is 5.91 Å². The molecule has 1 N–H and O–H groups in total. The molecule has 1 unspecified atom stereocenters. The van der Waals surface area contributed by atoms with Crippen molar-refractivity contribution in [3.05, 3.63) is 120 Å². The molecule has 2 fully saturated rings. The quantitative estimate of drug-likeness (QED) is 0.400. The zero-order chi connectivity index (χ0) is 30.4. The van der Waals surface area contributed by atoms with Crippen LogP contribution in [-0.2, 0) is 20.8 Å². The predicted octanol–water partition coefficient (Wildman–Crippen LogP) is 4.75. The summed E-state index contributed by atoms with van der Waals surface area (Å²) in [6, 6.07) is 24.7. The number of anilines is 2. The highest BCUT2D eigenvalue weighted by Crippen LogP contribution is 2.61. The van der Waals surface area contributed by atoms with E-state index in [0.717, 1.165) is 11.3 Å². The molecule has 44 heavy (non-hydrogen) atoms. The van der Waals surface area contributed by atoms with Gasteiger partial charge in [0.15, 0.2) is 0 Å². The van der Waals surface area contributed by atoms with Crippen molar-refractivity contribution in [1.29, 1.82) is 0 Å². The number of amides is 3. The molecule has 3 amide bonds. The average Bonchev–Trinajstić information content (AvgIpc) is 3.36. The first kappa shape index (κ1) is 28.9. The van der Waals surface area contributed by atoms with Crippen molar-refractivity contribution in [3.63, 3.8) is 0 Å². The lowest BCUT2D eigenvalue weighted by atomic mass is 9.78. The van der Waals surface area contributed by atoms with E-state index >= 15 is 0 Å². The van der Waals surface area contributed by atoms with Gasteiger partial charge in [0.1, 0.15) is 6.04 Å². The SMILES string of the molecule is O=C1C2N([C@@H](CO)Cc3ccccc3)C(=O)[C@@H]3[C@@H]4C(=O)N(c5ccccc5)CC=C[C@@H]4S[C@]23C=CCN1c1ccc(Cl)cc1. The second kappa shape index (κ2) is 11.6. The molecule has 0 saturated carbocycles. The molecule has 2 saturated heterocycles. The molecule has 0 aliphatic carbocycles. The molecular weight excluding hydrogens is 594 g/mol. The molecule has 6 atom stereocenters. The second-order valence-corrected chi connectivity index (χ2v) is 13.6. The van der Waals surface area contributed by atoms with Crippen molar-refractivity contribution in [2.24, 2.45) is 11.8 Å². The molecule has 4 aliphatic heterocycles. The Morgan fingerprint density at radius 3 is 2.16 bits per heavy atom. The Kier molecular flexibility index (Phi) is 7.60. The van der Waals surface area contributed by atoms with E-state index in [1.54, 1.807) is 39.0 Å². The fraction of sp³-hybridized carbons (Fsp3) is 0.286. The molecule has 0 bridgehead atoms. The van der Waals surface area contributed by atoms with Crippen LogP contribution in [0.25, 0.3) is 0 Å². The summed E-state index contributed by atoms with van der Waals surface area (Å²) < 4.78 is -0.992. The summed E-state index contributed by atoms with van der Waals surface area (Å²) in [4.78, 5) is 49.0. The van der Waals surface area contributed by atoms with E-state index in [1.807, 2.05) is 85.0 Å². The van der Waals surface area contributed by atoms with Crippen molar-refractivity contribution in [1.82, 2.24) is 4.90 Å². The summed E-state index contributed by atoms with van der Waals surface area (Å²) in [5.41, 5.74) is 2.39. The summed E-state index contributed by atoms with van der Waals surface area (Å²) in [5.74, 6) is -2.08. The summed E-state index contributed by atoms with van der Waals surface area (Å²) in [7, 11) is 0. The lowest BCUT2D eigenvalue weighted by Gasteiger charge is -2.38. The van der Waals surface area contributed by atoms with Gasteiger partial charge in [-0.2, -0.15) is 0 Å². The van der Waals surface area contributed by atoms with Crippen LogP contribution >= 0.6 is 23.4 Å². The molecule has 7 rings (SSSR count). The van der Waals surface area contributed by atoms with Gasteiger partial charge in [0.2, 0.25) is 11.8 Å². The number of para-hydroxylation sites is 1. The first-order valence-corrected chi connectivity index (χ1v) is 16.1. The number of aliphatic hydroxyl groups is 1. The first-order chi connectivity index (χ1) is 21.4. The molecule has 1 spiro atoms. The van der Waals surface area contributed by atoms with Gasteiger partial charge < -0.3 is 19.8 Å². The van der Waals surface area contributed by atoms with Crippen LogP contribution < -0.4 is 9.80 Å². The molecule has 4 heterocycles. The maximum atomic E-state index is 14.8. The number of hydrogen-bond donors (Lipinski definition) is 1. The molecule has 4 aliphatic rings. The third-order valence-corrected chi connectivity index (χ3v) is 11.2. The summed E-state index contributed by atoms with van der Waals surface area (Å²) >= 11 is 7.70. The minimum absolute atomic E-state index is 0.127. The molecule has 3 aromatic rings. The van der Waals surface area contributed by atoms with E-state index < -0.39 is 28.7 Å². The standard InChI is InChI=1S/C35H32ClN3O4S/c36-24-14-16-26(17-15-24)38-20-8-18-35-30(29-28(44-35)13-7-19-37(32(29)41)25-11-5-2-6-12-25)33(42)39(31(35)34(38)43)27(22-40)21-23-9-3-1-4-10-23/h1-18,27-31,40H,19-22H2/t27-,28+,29-,30+,31?,35+/m1/s1. The van der Waals surface area contributed by atoms with Crippen LogP contribution in [0, 0.1) is 11.8 Å². The first-order valence-electron chi connectivity index (χ1n) is 14.9. The van der Waals surface area contributed by atoms with Crippen LogP contribution in [0.15, 0.2) is 109 Å². The van der Waals surface area contributed by atoms with E-state index in [0.29, 0.717) is 30.2 Å². The monoisotopic (exact) mass is 625 g/mol. The number of rotatable bonds is 6. The smallest absolute Gasteiger partial charge is 0.251 e. The van der Waals surface area contributed by atoms with Gasteiger partial charge in [-0.25, -0.2) is 0 Å². The minimum Gasteiger partial charge on any atom is -0.394 e. The summed E-state index contributed by atoms with van der Waals surface area (Å²) in [6.45, 7) is 0.399. The maximum absolute atomic E-state index is 14.8. The van der Waals surface area contributed by atoms with Crippen molar-refractivity contribution in [3.8, 4) is 0 Å². The number of likely N-dealkylation sites (tertiary alicyclic amines) is 1. The number of carbonyl (C=O) groups is 3. The Hall–Kier alpha value is -3.85. The van der Waals surface area contributed by atoms with Crippen LogP contribution in [0.5, 0.6) is 0 Å².